The number of hydrogen-bond acceptors (Lipinski definition) is 3. The van der Waals surface area contributed by atoms with Crippen LogP contribution in [-0.2, 0) is 13.3 Å². The Kier molecular flexibility index (Phi) is 19.7. The second-order valence-electron chi connectivity index (χ2n) is 6.04. The van der Waals surface area contributed by atoms with E-state index in [1.165, 1.54) is 70.6 Å². The first-order valence-corrected chi connectivity index (χ1v) is 11.2. The van der Waals surface area contributed by atoms with Gasteiger partial charge in [0.2, 0.25) is 0 Å². The molecule has 0 saturated carbocycles. The largest absolute Gasteiger partial charge is 0.484 e. The van der Waals surface area contributed by atoms with E-state index in [2.05, 4.69) is 6.58 Å². The van der Waals surface area contributed by atoms with Gasteiger partial charge in [0, 0.05) is 19.8 Å². The first-order valence-electron chi connectivity index (χ1n) is 9.80. The maximum absolute atomic E-state index is 5.71. The van der Waals surface area contributed by atoms with E-state index in [-0.39, 0.29) is 0 Å². The van der Waals surface area contributed by atoms with Gasteiger partial charge in [-0.05, 0) is 33.1 Å². The van der Waals surface area contributed by atoms with Gasteiger partial charge < -0.3 is 13.3 Å². The third-order valence-corrected chi connectivity index (χ3v) is 5.63. The molecule has 0 radical (unpaired) electrons. The lowest BCUT2D eigenvalue weighted by atomic mass is 10.1. The average Bonchev–Trinajstić information content (AvgIpc) is 2.55. The lowest BCUT2D eigenvalue weighted by Crippen LogP contribution is -2.27. The van der Waals surface area contributed by atoms with Gasteiger partial charge >= 0.3 is 9.53 Å². The van der Waals surface area contributed by atoms with Gasteiger partial charge in [-0.15, -0.1) is 6.58 Å². The molecule has 0 saturated heterocycles. The van der Waals surface area contributed by atoms with Gasteiger partial charge in [-0.1, -0.05) is 63.9 Å². The minimum Gasteiger partial charge on any atom is -0.376 e. The fraction of sp³-hybridized carbons (Fsp3) is 0.895. The van der Waals surface area contributed by atoms with Crippen LogP contribution in [-0.4, -0.2) is 29.3 Å². The third kappa shape index (κ3) is 18.0. The summed E-state index contributed by atoms with van der Waals surface area (Å²) in [6.07, 6.45) is 18.0. The van der Waals surface area contributed by atoms with E-state index in [1.54, 1.807) is 0 Å². The molecule has 0 aliphatic carbocycles. The molecular formula is C19H40O3Si. The predicted octanol–water partition coefficient (Wildman–Crippen LogP) is 5.66. The summed E-state index contributed by atoms with van der Waals surface area (Å²) in [6, 6.07) is 0. The van der Waals surface area contributed by atoms with Crippen molar-refractivity contribution in [3.05, 3.63) is 12.7 Å². The zero-order valence-electron chi connectivity index (χ0n) is 15.7. The lowest BCUT2D eigenvalue weighted by Gasteiger charge is -2.14. The first-order chi connectivity index (χ1) is 11.3. The molecule has 0 heterocycles. The number of unbranched alkanes of at least 4 members (excludes halogenated alkanes) is 11. The zero-order valence-corrected chi connectivity index (χ0v) is 16.8. The van der Waals surface area contributed by atoms with Crippen LogP contribution in [0.15, 0.2) is 12.7 Å². The highest BCUT2D eigenvalue weighted by molar-refractivity contribution is 6.36. The maximum Gasteiger partial charge on any atom is 0.484 e. The molecule has 0 aromatic heterocycles. The molecule has 138 valence electrons. The number of hydrogen-bond donors (Lipinski definition) is 0. The molecule has 0 N–H and O–H groups in total. The normalized spacial score (nSPS) is 11.3. The van der Waals surface area contributed by atoms with Crippen molar-refractivity contribution in [2.45, 2.75) is 90.9 Å². The van der Waals surface area contributed by atoms with Gasteiger partial charge in [0.05, 0.1) is 0 Å². The monoisotopic (exact) mass is 344 g/mol. The highest BCUT2D eigenvalue weighted by Crippen LogP contribution is 2.12. The highest BCUT2D eigenvalue weighted by Gasteiger charge is 2.12. The van der Waals surface area contributed by atoms with Crippen molar-refractivity contribution in [2.75, 3.05) is 19.8 Å². The molecule has 0 aliphatic heterocycles. The summed E-state index contributed by atoms with van der Waals surface area (Å²) in [5, 5.41) is 0. The molecule has 0 fully saturated rings. The van der Waals surface area contributed by atoms with E-state index >= 15 is 0 Å². The third-order valence-electron chi connectivity index (χ3n) is 3.91. The maximum atomic E-state index is 5.71. The van der Waals surface area contributed by atoms with Crippen molar-refractivity contribution in [3.8, 4) is 0 Å². The van der Waals surface area contributed by atoms with Gasteiger partial charge in [-0.25, -0.2) is 0 Å². The van der Waals surface area contributed by atoms with Gasteiger partial charge in [0.1, 0.15) is 0 Å². The lowest BCUT2D eigenvalue weighted by molar-refractivity contribution is 0.100. The average molecular weight is 345 g/mol. The van der Waals surface area contributed by atoms with Crippen molar-refractivity contribution >= 4 is 9.53 Å². The quantitative estimate of drug-likeness (QED) is 0.172. The Morgan fingerprint density at radius 2 is 1.09 bits per heavy atom. The Morgan fingerprint density at radius 3 is 1.52 bits per heavy atom. The van der Waals surface area contributed by atoms with E-state index in [9.17, 15) is 0 Å². The van der Waals surface area contributed by atoms with Gasteiger partial charge in [-0.3, -0.25) is 0 Å². The van der Waals surface area contributed by atoms with Crippen molar-refractivity contribution in [1.82, 2.24) is 0 Å². The first kappa shape index (κ1) is 22.8. The molecule has 0 rings (SSSR count). The van der Waals surface area contributed by atoms with Crippen LogP contribution in [0.4, 0.5) is 0 Å². The standard InChI is InChI=1S/C19H40O3Si/c1-4-7-8-9-10-11-12-13-14-15-16-17-18-19-22-23(20-5-2)21-6-3/h4,23H,1,5-19H2,2-3H3. The minimum absolute atomic E-state index is 0.686. The second kappa shape index (κ2) is 19.9. The summed E-state index contributed by atoms with van der Waals surface area (Å²) >= 11 is 0. The van der Waals surface area contributed by atoms with Gasteiger partial charge in [0.15, 0.2) is 0 Å². The van der Waals surface area contributed by atoms with Crippen LogP contribution in [0.2, 0.25) is 0 Å². The van der Waals surface area contributed by atoms with Crippen LogP contribution >= 0.6 is 0 Å². The Labute approximate surface area is 146 Å². The van der Waals surface area contributed by atoms with Crippen LogP contribution < -0.4 is 0 Å². The number of allylic oxidation sites excluding steroid dienone is 1. The molecule has 0 aromatic carbocycles. The van der Waals surface area contributed by atoms with Crippen LogP contribution in [0.1, 0.15) is 90.9 Å². The summed E-state index contributed by atoms with van der Waals surface area (Å²) in [4.78, 5) is 0. The van der Waals surface area contributed by atoms with Crippen LogP contribution in [0.3, 0.4) is 0 Å². The second-order valence-corrected chi connectivity index (χ2v) is 7.61. The minimum atomic E-state index is -1.83. The Morgan fingerprint density at radius 1 is 0.652 bits per heavy atom. The molecule has 0 aromatic rings. The van der Waals surface area contributed by atoms with Crippen molar-refractivity contribution < 1.29 is 13.3 Å². The molecule has 0 aliphatic rings. The van der Waals surface area contributed by atoms with Gasteiger partial charge in [0.25, 0.3) is 0 Å². The van der Waals surface area contributed by atoms with Crippen molar-refractivity contribution in [3.63, 3.8) is 0 Å². The van der Waals surface area contributed by atoms with Crippen LogP contribution in [0, 0.1) is 0 Å². The van der Waals surface area contributed by atoms with Crippen LogP contribution in [0.5, 0.6) is 0 Å². The van der Waals surface area contributed by atoms with Crippen molar-refractivity contribution in [1.29, 1.82) is 0 Å². The van der Waals surface area contributed by atoms with E-state index in [4.69, 9.17) is 13.3 Å². The molecular weight excluding hydrogens is 304 g/mol. The van der Waals surface area contributed by atoms with E-state index in [1.807, 2.05) is 19.9 Å². The summed E-state index contributed by atoms with van der Waals surface area (Å²) < 4.78 is 16.7. The van der Waals surface area contributed by atoms with E-state index in [0.717, 1.165) is 13.0 Å². The smallest absolute Gasteiger partial charge is 0.376 e. The Hall–Kier alpha value is -0.163. The topological polar surface area (TPSA) is 27.7 Å². The SMILES string of the molecule is C=CCCCCCCCCCCCCCO[SiH](OCC)OCC. The molecule has 4 heteroatoms. The fourth-order valence-corrected chi connectivity index (χ4v) is 3.77. The summed E-state index contributed by atoms with van der Waals surface area (Å²) in [5.41, 5.74) is 0. The van der Waals surface area contributed by atoms with Gasteiger partial charge in [-0.2, -0.15) is 0 Å². The Bertz CT molecular complexity index is 231. The summed E-state index contributed by atoms with van der Waals surface area (Å²) in [5.74, 6) is 0. The molecule has 0 unspecified atom stereocenters. The highest BCUT2D eigenvalue weighted by atomic mass is 28.3. The van der Waals surface area contributed by atoms with Crippen molar-refractivity contribution in [2.24, 2.45) is 0 Å². The summed E-state index contributed by atoms with van der Waals surface area (Å²) in [6.45, 7) is 9.91. The Balaban J connectivity index is 3.16. The van der Waals surface area contributed by atoms with E-state index in [0.29, 0.717) is 13.2 Å². The zero-order chi connectivity index (χ0) is 17.0. The molecule has 3 nitrogen and oxygen atoms in total. The molecule has 0 spiro atoms. The molecule has 0 amide bonds. The summed E-state index contributed by atoms with van der Waals surface area (Å²) in [7, 11) is -1.83. The predicted molar refractivity (Wildman–Crippen MR) is 102 cm³/mol. The molecule has 23 heavy (non-hydrogen) atoms. The van der Waals surface area contributed by atoms with Crippen LogP contribution in [0.25, 0.3) is 0 Å². The molecule has 0 bridgehead atoms. The fourth-order valence-electron chi connectivity index (χ4n) is 2.58. The number of rotatable bonds is 19. The molecule has 0 atom stereocenters. The van der Waals surface area contributed by atoms with E-state index < -0.39 is 9.53 Å².